The van der Waals surface area contributed by atoms with Gasteiger partial charge in [0, 0.05) is 25.0 Å². The van der Waals surface area contributed by atoms with Gasteiger partial charge in [-0.25, -0.2) is 0 Å². The second-order valence-electron chi connectivity index (χ2n) is 11.1. The topological polar surface area (TPSA) is 108 Å². The van der Waals surface area contributed by atoms with Crippen LogP contribution < -0.4 is 16.0 Å². The summed E-state index contributed by atoms with van der Waals surface area (Å²) in [4.78, 5) is 38.8. The zero-order chi connectivity index (χ0) is 28.8. The lowest BCUT2D eigenvalue weighted by Crippen LogP contribution is -2.53. The Kier molecular flexibility index (Phi) is 13.4. The minimum atomic E-state index is -0.915. The normalized spacial score (nSPS) is 14.6. The highest BCUT2D eigenvalue weighted by atomic mass is 16.3. The minimum Gasteiger partial charge on any atom is -0.391 e. The number of carbonyl (C=O) groups is 3. The predicted molar refractivity (Wildman–Crippen MR) is 157 cm³/mol. The van der Waals surface area contributed by atoms with Crippen molar-refractivity contribution in [3.05, 3.63) is 77.9 Å². The minimum absolute atomic E-state index is 0.114. The van der Waals surface area contributed by atoms with E-state index in [1.54, 1.807) is 13.0 Å². The summed E-state index contributed by atoms with van der Waals surface area (Å²) in [5.41, 5.74) is 1.78. The molecule has 39 heavy (non-hydrogen) atoms. The number of aliphatic hydroxyl groups excluding tert-OH is 1. The Morgan fingerprint density at radius 3 is 2.00 bits per heavy atom. The third kappa shape index (κ3) is 12.3. The fourth-order valence-electron chi connectivity index (χ4n) is 4.23. The lowest BCUT2D eigenvalue weighted by atomic mass is 9.92. The van der Waals surface area contributed by atoms with Gasteiger partial charge in [0.05, 0.1) is 12.1 Å². The largest absolute Gasteiger partial charge is 0.391 e. The van der Waals surface area contributed by atoms with E-state index in [9.17, 15) is 19.5 Å². The molecule has 0 saturated heterocycles. The third-order valence-corrected chi connectivity index (χ3v) is 6.39. The Balaban J connectivity index is 2.14. The fourth-order valence-corrected chi connectivity index (χ4v) is 4.23. The Morgan fingerprint density at radius 1 is 0.795 bits per heavy atom. The van der Waals surface area contributed by atoms with Crippen LogP contribution >= 0.6 is 0 Å². The van der Waals surface area contributed by atoms with Gasteiger partial charge in [0.2, 0.25) is 17.7 Å². The van der Waals surface area contributed by atoms with E-state index in [4.69, 9.17) is 0 Å². The molecule has 0 aliphatic carbocycles. The van der Waals surface area contributed by atoms with E-state index in [0.717, 1.165) is 11.1 Å². The van der Waals surface area contributed by atoms with Crippen molar-refractivity contribution >= 4 is 23.8 Å². The lowest BCUT2D eigenvalue weighted by Gasteiger charge is -2.29. The van der Waals surface area contributed by atoms with Crippen LogP contribution in [0, 0.1) is 17.8 Å². The van der Waals surface area contributed by atoms with E-state index in [-0.39, 0.29) is 30.1 Å². The highest BCUT2D eigenvalue weighted by Gasteiger charge is 2.29. The molecular formula is C32H45N3O4. The molecule has 0 heterocycles. The molecule has 0 unspecified atom stereocenters. The van der Waals surface area contributed by atoms with Gasteiger partial charge >= 0.3 is 0 Å². The van der Waals surface area contributed by atoms with Gasteiger partial charge in [-0.3, -0.25) is 14.4 Å². The summed E-state index contributed by atoms with van der Waals surface area (Å²) < 4.78 is 0. The third-order valence-electron chi connectivity index (χ3n) is 6.39. The summed E-state index contributed by atoms with van der Waals surface area (Å²) in [7, 11) is 0. The van der Waals surface area contributed by atoms with Gasteiger partial charge < -0.3 is 21.1 Å². The molecule has 4 atom stereocenters. The zero-order valence-corrected chi connectivity index (χ0v) is 23.9. The average Bonchev–Trinajstić information content (AvgIpc) is 2.90. The predicted octanol–water partition coefficient (Wildman–Crippen LogP) is 4.12. The zero-order valence-electron chi connectivity index (χ0n) is 23.9. The molecule has 3 amide bonds. The van der Waals surface area contributed by atoms with Crippen LogP contribution in [0.4, 0.5) is 0 Å². The molecule has 0 spiro atoms. The van der Waals surface area contributed by atoms with Gasteiger partial charge in [0.25, 0.3) is 0 Å². The number of benzene rings is 2. The lowest BCUT2D eigenvalue weighted by molar-refractivity contribution is -0.128. The monoisotopic (exact) mass is 535 g/mol. The number of carbonyl (C=O) groups excluding carboxylic acids is 3. The number of hydrogen-bond donors (Lipinski definition) is 4. The first-order valence-electron chi connectivity index (χ1n) is 13.9. The van der Waals surface area contributed by atoms with Gasteiger partial charge in [-0.1, -0.05) is 95.3 Å². The molecule has 4 N–H and O–H groups in total. The molecule has 0 aliphatic heterocycles. The maximum Gasteiger partial charge on any atom is 0.244 e. The molecule has 212 valence electrons. The molecule has 2 rings (SSSR count). The van der Waals surface area contributed by atoms with E-state index in [0.29, 0.717) is 25.3 Å². The first-order chi connectivity index (χ1) is 18.5. The van der Waals surface area contributed by atoms with Crippen molar-refractivity contribution in [3.8, 4) is 0 Å². The molecule has 7 heteroatoms. The first kappa shape index (κ1) is 31.8. The van der Waals surface area contributed by atoms with Crippen molar-refractivity contribution in [1.29, 1.82) is 0 Å². The average molecular weight is 536 g/mol. The molecule has 0 aliphatic rings. The van der Waals surface area contributed by atoms with Gasteiger partial charge in [0.1, 0.15) is 6.04 Å². The summed E-state index contributed by atoms with van der Waals surface area (Å²) in [5.74, 6) is -0.748. The Bertz CT molecular complexity index is 1050. The number of hydrogen-bond acceptors (Lipinski definition) is 4. The number of rotatable bonds is 15. The molecule has 0 radical (unpaired) electrons. The Morgan fingerprint density at radius 2 is 1.41 bits per heavy atom. The van der Waals surface area contributed by atoms with E-state index in [2.05, 4.69) is 16.0 Å². The molecule has 7 nitrogen and oxygen atoms in total. The van der Waals surface area contributed by atoms with Crippen LogP contribution in [0.3, 0.4) is 0 Å². The van der Waals surface area contributed by atoms with E-state index < -0.39 is 24.1 Å². The van der Waals surface area contributed by atoms with Crippen molar-refractivity contribution in [2.45, 2.75) is 72.1 Å². The van der Waals surface area contributed by atoms with E-state index in [1.165, 1.54) is 6.08 Å². The van der Waals surface area contributed by atoms with Crippen LogP contribution in [0.25, 0.3) is 6.08 Å². The maximum atomic E-state index is 13.5. The van der Waals surface area contributed by atoms with Crippen LogP contribution in [-0.4, -0.2) is 47.6 Å². The smallest absolute Gasteiger partial charge is 0.244 e. The first-order valence-corrected chi connectivity index (χ1v) is 13.9. The standard InChI is InChI=1S/C32H45N3O4/c1-22(2)18-27(29(36)19-24(5)31(38)33-21-23(3)4)35-32(39)28(20-26-14-10-7-11-15-26)34-30(37)17-16-25-12-8-6-9-13-25/h6-17,22-24,27-29,36H,18-21H2,1-5H3,(H,33,38)(H,34,37)(H,35,39)/b17-16+/t24-,27+,28+,29+/m1/s1. The SMILES string of the molecule is CC(C)CNC(=O)[C@H](C)C[C@H](O)[C@H](CC(C)C)NC(=O)[C@H](Cc1ccccc1)NC(=O)/C=C/c1ccccc1. The van der Waals surface area contributed by atoms with Crippen molar-refractivity contribution in [2.24, 2.45) is 17.8 Å². The highest BCUT2D eigenvalue weighted by molar-refractivity contribution is 5.95. The molecule has 0 fully saturated rings. The summed E-state index contributed by atoms with van der Waals surface area (Å²) >= 11 is 0. The number of aliphatic hydroxyl groups is 1. The van der Waals surface area contributed by atoms with Crippen LogP contribution in [0.1, 0.15) is 58.6 Å². The van der Waals surface area contributed by atoms with Gasteiger partial charge in [-0.2, -0.15) is 0 Å². The second-order valence-corrected chi connectivity index (χ2v) is 11.1. The Labute approximate surface area is 233 Å². The maximum absolute atomic E-state index is 13.5. The quantitative estimate of drug-likeness (QED) is 0.257. The summed E-state index contributed by atoms with van der Waals surface area (Å²) in [6.07, 6.45) is 3.25. The number of amides is 3. The molecule has 0 aromatic heterocycles. The molecule has 0 saturated carbocycles. The summed E-state index contributed by atoms with van der Waals surface area (Å²) in [6, 6.07) is 17.5. The molecule has 0 bridgehead atoms. The van der Waals surface area contributed by atoms with Crippen molar-refractivity contribution in [1.82, 2.24) is 16.0 Å². The van der Waals surface area contributed by atoms with E-state index >= 15 is 0 Å². The van der Waals surface area contributed by atoms with Crippen LogP contribution in [0.2, 0.25) is 0 Å². The summed E-state index contributed by atoms with van der Waals surface area (Å²) in [5, 5.41) is 19.8. The van der Waals surface area contributed by atoms with Crippen LogP contribution in [0.5, 0.6) is 0 Å². The number of nitrogens with one attached hydrogen (secondary N) is 3. The fraction of sp³-hybridized carbons (Fsp3) is 0.469. The van der Waals surface area contributed by atoms with Crippen molar-refractivity contribution < 1.29 is 19.5 Å². The van der Waals surface area contributed by atoms with Gasteiger partial charge in [0.15, 0.2) is 0 Å². The van der Waals surface area contributed by atoms with Crippen molar-refractivity contribution in [2.75, 3.05) is 6.54 Å². The van der Waals surface area contributed by atoms with Gasteiger partial charge in [-0.15, -0.1) is 0 Å². The summed E-state index contributed by atoms with van der Waals surface area (Å²) in [6.45, 7) is 10.4. The van der Waals surface area contributed by atoms with E-state index in [1.807, 2.05) is 88.4 Å². The Hall–Kier alpha value is -3.45. The van der Waals surface area contributed by atoms with Crippen molar-refractivity contribution in [3.63, 3.8) is 0 Å². The second kappa shape index (κ2) is 16.5. The molecule has 2 aromatic carbocycles. The van der Waals surface area contributed by atoms with Crippen LogP contribution in [0.15, 0.2) is 66.7 Å². The molecular weight excluding hydrogens is 490 g/mol. The van der Waals surface area contributed by atoms with Gasteiger partial charge in [-0.05, 0) is 41.9 Å². The molecule has 2 aromatic rings. The van der Waals surface area contributed by atoms with Crippen LogP contribution in [-0.2, 0) is 20.8 Å². The highest BCUT2D eigenvalue weighted by Crippen LogP contribution is 2.16.